The Balaban J connectivity index is 1.38. The van der Waals surface area contributed by atoms with Gasteiger partial charge >= 0.3 is 0 Å². The first-order valence-electron chi connectivity index (χ1n) is 9.76. The third-order valence-electron chi connectivity index (χ3n) is 4.97. The van der Waals surface area contributed by atoms with Gasteiger partial charge < -0.3 is 5.32 Å². The molecule has 0 saturated carbocycles. The lowest BCUT2D eigenvalue weighted by Gasteiger charge is -2.07. The van der Waals surface area contributed by atoms with Gasteiger partial charge in [0, 0.05) is 11.8 Å². The van der Waals surface area contributed by atoms with E-state index in [9.17, 15) is 9.18 Å². The Labute approximate surface area is 184 Å². The average molecular weight is 438 g/mol. The van der Waals surface area contributed by atoms with Gasteiger partial charge in [-0.3, -0.25) is 14.2 Å². The number of halogens is 2. The Morgan fingerprint density at radius 3 is 2.55 bits per heavy atom. The van der Waals surface area contributed by atoms with Crippen molar-refractivity contribution in [3.8, 4) is 0 Å². The Bertz CT molecular complexity index is 1230. The van der Waals surface area contributed by atoms with Crippen LogP contribution in [0.4, 0.5) is 10.1 Å². The number of benzene rings is 2. The summed E-state index contributed by atoms with van der Waals surface area (Å²) in [7, 11) is 0. The van der Waals surface area contributed by atoms with Crippen LogP contribution in [0, 0.1) is 19.7 Å². The van der Waals surface area contributed by atoms with Gasteiger partial charge in [-0.2, -0.15) is 10.2 Å². The van der Waals surface area contributed by atoms with Crippen LogP contribution in [0.1, 0.15) is 32.9 Å². The number of anilines is 1. The minimum absolute atomic E-state index is 0.231. The van der Waals surface area contributed by atoms with E-state index in [4.69, 9.17) is 11.6 Å². The van der Waals surface area contributed by atoms with Crippen LogP contribution in [-0.2, 0) is 13.1 Å². The zero-order valence-electron chi connectivity index (χ0n) is 17.1. The highest BCUT2D eigenvalue weighted by molar-refractivity contribution is 6.31. The van der Waals surface area contributed by atoms with Crippen molar-refractivity contribution in [3.63, 3.8) is 0 Å². The van der Waals surface area contributed by atoms with E-state index in [0.717, 1.165) is 22.5 Å². The van der Waals surface area contributed by atoms with Crippen molar-refractivity contribution in [2.45, 2.75) is 26.9 Å². The highest BCUT2D eigenvalue weighted by atomic mass is 35.5. The molecule has 0 aliphatic rings. The van der Waals surface area contributed by atoms with Crippen LogP contribution in [0.5, 0.6) is 0 Å². The van der Waals surface area contributed by atoms with Gasteiger partial charge in [0.1, 0.15) is 5.82 Å². The molecule has 2 heterocycles. The third-order valence-corrected chi connectivity index (χ3v) is 5.51. The van der Waals surface area contributed by atoms with Crippen LogP contribution >= 0.6 is 11.6 Å². The maximum atomic E-state index is 13.3. The molecule has 0 radical (unpaired) electrons. The van der Waals surface area contributed by atoms with Crippen molar-refractivity contribution < 1.29 is 9.18 Å². The first-order valence-corrected chi connectivity index (χ1v) is 10.1. The number of nitrogens with zero attached hydrogens (tertiary/aromatic N) is 4. The predicted octanol–water partition coefficient (Wildman–Crippen LogP) is 4.84. The van der Waals surface area contributed by atoms with Crippen molar-refractivity contribution in [3.05, 3.63) is 99.8 Å². The molecular weight excluding hydrogens is 417 g/mol. The molecule has 4 rings (SSSR count). The maximum Gasteiger partial charge on any atom is 0.255 e. The molecule has 8 heteroatoms. The molecular formula is C23H21ClFN5O. The van der Waals surface area contributed by atoms with E-state index < -0.39 is 0 Å². The fourth-order valence-corrected chi connectivity index (χ4v) is 3.44. The molecule has 0 bridgehead atoms. The minimum Gasteiger partial charge on any atom is -0.319 e. The molecule has 2 aromatic carbocycles. The zero-order chi connectivity index (χ0) is 22.0. The smallest absolute Gasteiger partial charge is 0.255 e. The molecule has 2 aromatic heterocycles. The summed E-state index contributed by atoms with van der Waals surface area (Å²) in [4.78, 5) is 12.6. The van der Waals surface area contributed by atoms with E-state index in [1.807, 2.05) is 36.7 Å². The van der Waals surface area contributed by atoms with Crippen molar-refractivity contribution >= 4 is 23.2 Å². The monoisotopic (exact) mass is 437 g/mol. The Morgan fingerprint density at radius 2 is 1.87 bits per heavy atom. The van der Waals surface area contributed by atoms with Crippen molar-refractivity contribution in [1.82, 2.24) is 19.6 Å². The molecule has 31 heavy (non-hydrogen) atoms. The van der Waals surface area contributed by atoms with Gasteiger partial charge in [0.05, 0.1) is 41.4 Å². The van der Waals surface area contributed by atoms with Crippen LogP contribution in [0.2, 0.25) is 5.02 Å². The highest BCUT2D eigenvalue weighted by Crippen LogP contribution is 2.20. The van der Waals surface area contributed by atoms with Gasteiger partial charge in [0.25, 0.3) is 5.91 Å². The summed E-state index contributed by atoms with van der Waals surface area (Å²) in [5.74, 6) is -0.520. The molecule has 1 N–H and O–H groups in total. The zero-order valence-corrected chi connectivity index (χ0v) is 17.9. The lowest BCUT2D eigenvalue weighted by molar-refractivity contribution is 0.102. The molecule has 0 atom stereocenters. The fourth-order valence-electron chi connectivity index (χ4n) is 3.30. The van der Waals surface area contributed by atoms with Gasteiger partial charge in [-0.05, 0) is 49.2 Å². The number of carbonyl (C=O) groups excluding carboxylic acids is 1. The van der Waals surface area contributed by atoms with Gasteiger partial charge in [0.2, 0.25) is 0 Å². The molecule has 6 nitrogen and oxygen atoms in total. The van der Waals surface area contributed by atoms with Crippen LogP contribution in [0.3, 0.4) is 0 Å². The molecule has 0 unspecified atom stereocenters. The topological polar surface area (TPSA) is 64.7 Å². The van der Waals surface area contributed by atoms with E-state index in [0.29, 0.717) is 29.4 Å². The maximum absolute atomic E-state index is 13.3. The Hall–Kier alpha value is -3.45. The van der Waals surface area contributed by atoms with E-state index in [1.54, 1.807) is 35.3 Å². The number of hydrogen-bond donors (Lipinski definition) is 1. The Morgan fingerprint density at radius 1 is 1.10 bits per heavy atom. The summed E-state index contributed by atoms with van der Waals surface area (Å²) in [5.41, 5.74) is 4.63. The van der Waals surface area contributed by atoms with Gasteiger partial charge in [0.15, 0.2) is 0 Å². The molecule has 1 amide bonds. The van der Waals surface area contributed by atoms with E-state index in [2.05, 4.69) is 15.5 Å². The molecule has 0 fully saturated rings. The second-order valence-electron chi connectivity index (χ2n) is 7.35. The largest absolute Gasteiger partial charge is 0.319 e. The number of nitrogens with one attached hydrogen (secondary N) is 1. The standard InChI is InChI=1S/C23H21ClFN5O/c1-15-22(24)16(2)30(28-15)13-17-6-8-19(9-7-17)23(31)27-21-11-26-29(14-21)12-18-4-3-5-20(25)10-18/h3-11,14H,12-13H2,1-2H3,(H,27,31). The van der Waals surface area contributed by atoms with Crippen LogP contribution < -0.4 is 5.32 Å². The number of hydrogen-bond acceptors (Lipinski definition) is 3. The van der Waals surface area contributed by atoms with Crippen molar-refractivity contribution in [2.75, 3.05) is 5.32 Å². The summed E-state index contributed by atoms with van der Waals surface area (Å²) >= 11 is 6.20. The van der Waals surface area contributed by atoms with Gasteiger partial charge in [-0.1, -0.05) is 35.9 Å². The number of rotatable bonds is 6. The molecule has 4 aromatic rings. The third kappa shape index (κ3) is 4.83. The summed E-state index contributed by atoms with van der Waals surface area (Å²) in [5, 5.41) is 12.2. The van der Waals surface area contributed by atoms with Crippen LogP contribution in [0.25, 0.3) is 0 Å². The molecule has 158 valence electrons. The van der Waals surface area contributed by atoms with E-state index >= 15 is 0 Å². The number of aromatic nitrogens is 4. The highest BCUT2D eigenvalue weighted by Gasteiger charge is 2.11. The lowest BCUT2D eigenvalue weighted by atomic mass is 10.1. The second kappa shape index (κ2) is 8.73. The number of aryl methyl sites for hydroxylation is 1. The fraction of sp³-hybridized carbons (Fsp3) is 0.174. The lowest BCUT2D eigenvalue weighted by Crippen LogP contribution is -2.12. The predicted molar refractivity (Wildman–Crippen MR) is 118 cm³/mol. The number of amides is 1. The average Bonchev–Trinajstić information content (AvgIpc) is 3.28. The normalized spacial score (nSPS) is 11.0. The Kier molecular flexibility index (Phi) is 5.86. The summed E-state index contributed by atoms with van der Waals surface area (Å²) in [6, 6.07) is 13.7. The molecule has 0 saturated heterocycles. The van der Waals surface area contributed by atoms with Gasteiger partial charge in [-0.15, -0.1) is 0 Å². The number of carbonyl (C=O) groups is 1. The molecule has 0 aliphatic heterocycles. The summed E-state index contributed by atoms with van der Waals surface area (Å²) in [6.45, 7) is 4.80. The van der Waals surface area contributed by atoms with Gasteiger partial charge in [-0.25, -0.2) is 4.39 Å². The van der Waals surface area contributed by atoms with E-state index in [-0.39, 0.29) is 11.7 Å². The second-order valence-corrected chi connectivity index (χ2v) is 7.73. The quantitative estimate of drug-likeness (QED) is 0.469. The first kappa shape index (κ1) is 20.8. The van der Waals surface area contributed by atoms with Crippen LogP contribution in [-0.4, -0.2) is 25.5 Å². The molecule has 0 aliphatic carbocycles. The van der Waals surface area contributed by atoms with E-state index in [1.165, 1.54) is 12.1 Å². The minimum atomic E-state index is -0.289. The van der Waals surface area contributed by atoms with Crippen LogP contribution in [0.15, 0.2) is 60.9 Å². The van der Waals surface area contributed by atoms with Crippen molar-refractivity contribution in [2.24, 2.45) is 0 Å². The SMILES string of the molecule is Cc1nn(Cc2ccc(C(=O)Nc3cnn(Cc4cccc(F)c4)c3)cc2)c(C)c1Cl. The summed E-state index contributed by atoms with van der Waals surface area (Å²) < 4.78 is 16.8. The summed E-state index contributed by atoms with van der Waals surface area (Å²) in [6.07, 6.45) is 3.28. The first-order chi connectivity index (χ1) is 14.9. The molecule has 0 spiro atoms. The van der Waals surface area contributed by atoms with Crippen molar-refractivity contribution in [1.29, 1.82) is 0 Å².